The fourth-order valence-corrected chi connectivity index (χ4v) is 7.10. The van der Waals surface area contributed by atoms with Crippen molar-refractivity contribution in [1.82, 2.24) is 0 Å². The summed E-state index contributed by atoms with van der Waals surface area (Å²) < 4.78 is 0. The summed E-state index contributed by atoms with van der Waals surface area (Å²) in [6.45, 7) is 2.10. The van der Waals surface area contributed by atoms with Crippen LogP contribution in [0.4, 0.5) is 22.7 Å². The van der Waals surface area contributed by atoms with Gasteiger partial charge in [-0.25, -0.2) is 4.79 Å². The van der Waals surface area contributed by atoms with Gasteiger partial charge in [0.15, 0.2) is 0 Å². The van der Waals surface area contributed by atoms with Crippen LogP contribution in [0.25, 0.3) is 0 Å². The van der Waals surface area contributed by atoms with Crippen LogP contribution in [0.3, 0.4) is 0 Å². The molecule has 1 atom stereocenters. The average molecular weight is 509 g/mol. The molecule has 4 aromatic carbocycles. The largest absolute Gasteiger partial charge is 0.478 e. The first kappa shape index (κ1) is 22.8. The molecule has 4 aromatic rings. The molecule has 0 spiro atoms. The van der Waals surface area contributed by atoms with Crippen molar-refractivity contribution in [3.8, 4) is 0 Å². The number of carbonyl (C=O) groups is 1. The zero-order valence-corrected chi connectivity index (χ0v) is 21.2. The summed E-state index contributed by atoms with van der Waals surface area (Å²) in [5.74, 6) is -1.07. The molecule has 2 aliphatic rings. The van der Waals surface area contributed by atoms with E-state index in [2.05, 4.69) is 114 Å². The molecule has 4 nitrogen and oxygen atoms in total. The molecular weight excluding hydrogens is 484 g/mol. The fourth-order valence-electron chi connectivity index (χ4n) is 4.96. The van der Waals surface area contributed by atoms with Crippen LogP contribution in [0.15, 0.2) is 129 Å². The Kier molecular flexibility index (Phi) is 5.99. The van der Waals surface area contributed by atoms with Gasteiger partial charge >= 0.3 is 5.97 Å². The van der Waals surface area contributed by atoms with E-state index in [9.17, 15) is 9.90 Å². The van der Waals surface area contributed by atoms with Crippen LogP contribution < -0.4 is 9.80 Å². The number of nitrogens with zero attached hydrogens (tertiary/aromatic N) is 2. The van der Waals surface area contributed by atoms with Gasteiger partial charge in [-0.1, -0.05) is 85.1 Å². The van der Waals surface area contributed by atoms with E-state index in [-0.39, 0.29) is 12.1 Å². The van der Waals surface area contributed by atoms with Crippen LogP contribution in [-0.4, -0.2) is 17.2 Å². The van der Waals surface area contributed by atoms with Crippen molar-refractivity contribution in [2.45, 2.75) is 32.7 Å². The second kappa shape index (κ2) is 9.45. The predicted molar refractivity (Wildman–Crippen MR) is 148 cm³/mol. The van der Waals surface area contributed by atoms with Gasteiger partial charge in [0.25, 0.3) is 0 Å². The molecule has 178 valence electrons. The van der Waals surface area contributed by atoms with E-state index < -0.39 is 5.97 Å². The molecule has 0 radical (unpaired) electrons. The van der Waals surface area contributed by atoms with E-state index in [1.807, 2.05) is 6.08 Å². The SMILES string of the molecule is CC(C=CC(=O)O)C(N1c2ccccc2Sc2ccccc21)N1c2ccccc2Sc2ccccc21. The summed E-state index contributed by atoms with van der Waals surface area (Å²) in [6.07, 6.45) is 2.87. The Labute approximate surface area is 219 Å². The molecule has 0 aromatic heterocycles. The molecule has 0 saturated heterocycles. The molecule has 2 heterocycles. The molecule has 36 heavy (non-hydrogen) atoms. The number of aliphatic carboxylic acids is 1. The number of hydrogen-bond donors (Lipinski definition) is 1. The quantitative estimate of drug-likeness (QED) is 0.274. The summed E-state index contributed by atoms with van der Waals surface area (Å²) >= 11 is 3.55. The lowest BCUT2D eigenvalue weighted by Crippen LogP contribution is -2.49. The Morgan fingerprint density at radius 1 is 0.667 bits per heavy atom. The van der Waals surface area contributed by atoms with E-state index in [1.165, 1.54) is 25.7 Å². The molecule has 6 rings (SSSR count). The minimum atomic E-state index is -0.939. The third-order valence-electron chi connectivity index (χ3n) is 6.48. The topological polar surface area (TPSA) is 43.8 Å². The second-order valence-corrected chi connectivity index (χ2v) is 11.0. The highest BCUT2D eigenvalue weighted by atomic mass is 32.2. The molecule has 0 bridgehead atoms. The second-order valence-electron chi connectivity index (χ2n) is 8.79. The Balaban J connectivity index is 1.62. The van der Waals surface area contributed by atoms with Gasteiger partial charge in [-0.05, 0) is 48.5 Å². The molecule has 0 amide bonds. The molecule has 1 N–H and O–H groups in total. The van der Waals surface area contributed by atoms with Crippen LogP contribution in [0, 0.1) is 5.92 Å². The lowest BCUT2D eigenvalue weighted by molar-refractivity contribution is -0.131. The number of fused-ring (bicyclic) bond motifs is 4. The van der Waals surface area contributed by atoms with Gasteiger partial charge in [0, 0.05) is 31.6 Å². The van der Waals surface area contributed by atoms with Gasteiger partial charge in [0.05, 0.1) is 22.7 Å². The predicted octanol–water partition coefficient (Wildman–Crippen LogP) is 8.20. The Bertz CT molecular complexity index is 1300. The molecule has 0 aliphatic carbocycles. The highest BCUT2D eigenvalue weighted by molar-refractivity contribution is 8.00. The van der Waals surface area contributed by atoms with Crippen molar-refractivity contribution in [2.75, 3.05) is 9.80 Å². The summed E-state index contributed by atoms with van der Waals surface area (Å²) in [5.41, 5.74) is 4.48. The average Bonchev–Trinajstić information content (AvgIpc) is 2.91. The van der Waals surface area contributed by atoms with Gasteiger partial charge in [0.1, 0.15) is 6.17 Å². The summed E-state index contributed by atoms with van der Waals surface area (Å²) in [5, 5.41) is 9.48. The monoisotopic (exact) mass is 508 g/mol. The summed E-state index contributed by atoms with van der Waals surface area (Å²) in [7, 11) is 0. The van der Waals surface area contributed by atoms with E-state index >= 15 is 0 Å². The first-order valence-corrected chi connectivity index (χ1v) is 13.5. The standard InChI is InChI=1S/C30H24N2O2S2/c1-20(18-19-29(33)34)30(31-21-10-2-6-14-25(21)35-26-15-7-3-11-22(26)31)32-23-12-4-8-16-27(23)36-28-17-9-5-13-24(28)32/h2-20,30H,1H3,(H,33,34). The summed E-state index contributed by atoms with van der Waals surface area (Å²) in [6, 6.07) is 33.9. The van der Waals surface area contributed by atoms with Gasteiger partial charge in [-0.3, -0.25) is 0 Å². The number of carboxylic acid groups (broad SMARTS) is 1. The van der Waals surface area contributed by atoms with E-state index in [0.29, 0.717) is 0 Å². The van der Waals surface area contributed by atoms with Gasteiger partial charge in [-0.2, -0.15) is 0 Å². The van der Waals surface area contributed by atoms with Gasteiger partial charge < -0.3 is 14.9 Å². The highest BCUT2D eigenvalue weighted by Gasteiger charge is 2.39. The number of rotatable bonds is 5. The number of para-hydroxylation sites is 4. The Morgan fingerprint density at radius 2 is 1.00 bits per heavy atom. The normalized spacial score (nSPS) is 14.7. The number of benzene rings is 4. The van der Waals surface area contributed by atoms with E-state index in [4.69, 9.17) is 0 Å². The maximum Gasteiger partial charge on any atom is 0.327 e. The zero-order valence-electron chi connectivity index (χ0n) is 19.6. The Hall–Kier alpha value is -3.61. The highest BCUT2D eigenvalue weighted by Crippen LogP contribution is 2.54. The third-order valence-corrected chi connectivity index (χ3v) is 8.74. The Morgan fingerprint density at radius 3 is 1.33 bits per heavy atom. The first-order chi connectivity index (χ1) is 17.6. The number of hydrogen-bond acceptors (Lipinski definition) is 5. The van der Waals surface area contributed by atoms with Crippen molar-refractivity contribution in [3.05, 3.63) is 109 Å². The maximum absolute atomic E-state index is 11.6. The third kappa shape index (κ3) is 3.96. The van der Waals surface area contributed by atoms with Crippen LogP contribution in [-0.2, 0) is 4.79 Å². The van der Waals surface area contributed by atoms with Crippen LogP contribution in [0.1, 0.15) is 6.92 Å². The maximum atomic E-state index is 11.6. The lowest BCUT2D eigenvalue weighted by Gasteiger charge is -2.48. The van der Waals surface area contributed by atoms with Crippen LogP contribution in [0.5, 0.6) is 0 Å². The van der Waals surface area contributed by atoms with Crippen LogP contribution in [0.2, 0.25) is 0 Å². The fraction of sp³-hybridized carbons (Fsp3) is 0.100. The molecular formula is C30H24N2O2S2. The molecule has 0 saturated carbocycles. The van der Waals surface area contributed by atoms with Crippen molar-refractivity contribution in [1.29, 1.82) is 0 Å². The van der Waals surface area contributed by atoms with Crippen molar-refractivity contribution < 1.29 is 9.90 Å². The molecule has 2 aliphatic heterocycles. The van der Waals surface area contributed by atoms with Gasteiger partial charge in [-0.15, -0.1) is 0 Å². The molecule has 0 fully saturated rings. The minimum absolute atomic E-state index is 0.130. The van der Waals surface area contributed by atoms with Crippen molar-refractivity contribution in [3.63, 3.8) is 0 Å². The number of carboxylic acids is 1. The van der Waals surface area contributed by atoms with Crippen molar-refractivity contribution in [2.24, 2.45) is 5.92 Å². The first-order valence-electron chi connectivity index (χ1n) is 11.8. The lowest BCUT2D eigenvalue weighted by atomic mass is 10.0. The van der Waals surface area contributed by atoms with Crippen molar-refractivity contribution >= 4 is 52.2 Å². The van der Waals surface area contributed by atoms with E-state index in [1.54, 1.807) is 23.5 Å². The molecule has 1 unspecified atom stereocenters. The smallest absolute Gasteiger partial charge is 0.327 e. The van der Waals surface area contributed by atoms with Crippen LogP contribution >= 0.6 is 23.5 Å². The van der Waals surface area contributed by atoms with E-state index in [0.717, 1.165) is 22.7 Å². The zero-order chi connectivity index (χ0) is 24.6. The summed E-state index contributed by atoms with van der Waals surface area (Å²) in [4.78, 5) is 21.1. The van der Waals surface area contributed by atoms with Gasteiger partial charge in [0.2, 0.25) is 0 Å². The number of anilines is 4. The molecule has 6 heteroatoms. The minimum Gasteiger partial charge on any atom is -0.478 e.